The molecule has 2 N–H and O–H groups in total. The standard InChI is InChI=1S/C17H17N3O3/c1-11(22)15-6-5-14(8-17(15)23-2)19-13-4-3-12-9-18-20(10-21)16(12)7-13/h3-9,19,21H,10H2,1-2H3. The fourth-order valence-electron chi connectivity index (χ4n) is 2.49. The van der Waals surface area contributed by atoms with Crippen LogP contribution in [0, 0.1) is 0 Å². The van der Waals surface area contributed by atoms with Crippen molar-refractivity contribution in [2.75, 3.05) is 12.4 Å². The van der Waals surface area contributed by atoms with E-state index < -0.39 is 0 Å². The minimum Gasteiger partial charge on any atom is -0.496 e. The van der Waals surface area contributed by atoms with Crippen LogP contribution in [-0.2, 0) is 6.73 Å². The van der Waals surface area contributed by atoms with Crippen LogP contribution < -0.4 is 10.1 Å². The Morgan fingerprint density at radius 3 is 2.70 bits per heavy atom. The highest BCUT2D eigenvalue weighted by Crippen LogP contribution is 2.27. The van der Waals surface area contributed by atoms with Crippen LogP contribution in [0.2, 0.25) is 0 Å². The molecule has 3 aromatic rings. The number of benzene rings is 2. The molecule has 0 fully saturated rings. The normalized spacial score (nSPS) is 10.7. The molecule has 0 atom stereocenters. The number of aliphatic hydroxyl groups is 1. The Morgan fingerprint density at radius 2 is 2.00 bits per heavy atom. The first-order valence-electron chi connectivity index (χ1n) is 7.15. The topological polar surface area (TPSA) is 76.4 Å². The number of aliphatic hydroxyl groups excluding tert-OH is 1. The molecule has 6 heteroatoms. The van der Waals surface area contributed by atoms with Crippen molar-refractivity contribution < 1.29 is 14.6 Å². The molecule has 0 radical (unpaired) electrons. The summed E-state index contributed by atoms with van der Waals surface area (Å²) in [5.74, 6) is 0.491. The summed E-state index contributed by atoms with van der Waals surface area (Å²) in [5, 5.41) is 17.6. The highest BCUT2D eigenvalue weighted by atomic mass is 16.5. The molecule has 23 heavy (non-hydrogen) atoms. The summed E-state index contributed by atoms with van der Waals surface area (Å²) in [6, 6.07) is 11.1. The van der Waals surface area contributed by atoms with Gasteiger partial charge >= 0.3 is 0 Å². The maximum Gasteiger partial charge on any atom is 0.163 e. The van der Waals surface area contributed by atoms with E-state index in [-0.39, 0.29) is 12.5 Å². The van der Waals surface area contributed by atoms with Crippen molar-refractivity contribution in [2.24, 2.45) is 0 Å². The van der Waals surface area contributed by atoms with E-state index in [9.17, 15) is 9.90 Å². The number of aromatic nitrogens is 2. The van der Waals surface area contributed by atoms with Gasteiger partial charge < -0.3 is 15.2 Å². The molecule has 0 saturated carbocycles. The number of ether oxygens (including phenoxy) is 1. The number of ketones is 1. The van der Waals surface area contributed by atoms with Crippen LogP contribution in [-0.4, -0.2) is 27.8 Å². The number of anilines is 2. The predicted molar refractivity (Wildman–Crippen MR) is 88.2 cm³/mol. The first kappa shape index (κ1) is 15.1. The van der Waals surface area contributed by atoms with Gasteiger partial charge in [-0.2, -0.15) is 5.10 Å². The lowest BCUT2D eigenvalue weighted by atomic mass is 10.1. The number of nitrogens with one attached hydrogen (secondary N) is 1. The van der Waals surface area contributed by atoms with Gasteiger partial charge in [0.25, 0.3) is 0 Å². The third-order valence-corrected chi connectivity index (χ3v) is 3.65. The Hall–Kier alpha value is -2.86. The molecule has 0 aliphatic carbocycles. The van der Waals surface area contributed by atoms with Crippen LogP contribution >= 0.6 is 0 Å². The van der Waals surface area contributed by atoms with Crippen LogP contribution in [0.5, 0.6) is 5.75 Å². The highest BCUT2D eigenvalue weighted by Gasteiger charge is 2.09. The largest absolute Gasteiger partial charge is 0.496 e. The molecule has 118 valence electrons. The number of rotatable bonds is 5. The molecule has 2 aromatic carbocycles. The molecule has 0 unspecified atom stereocenters. The lowest BCUT2D eigenvalue weighted by Crippen LogP contribution is -2.00. The number of hydrogen-bond acceptors (Lipinski definition) is 5. The van der Waals surface area contributed by atoms with Gasteiger partial charge in [0.1, 0.15) is 12.5 Å². The van der Waals surface area contributed by atoms with Gasteiger partial charge in [0.15, 0.2) is 5.78 Å². The van der Waals surface area contributed by atoms with Gasteiger partial charge in [-0.25, -0.2) is 4.68 Å². The fraction of sp³-hybridized carbons (Fsp3) is 0.176. The van der Waals surface area contributed by atoms with Gasteiger partial charge in [0.05, 0.1) is 24.4 Å². The molecule has 6 nitrogen and oxygen atoms in total. The number of fused-ring (bicyclic) bond motifs is 1. The average Bonchev–Trinajstić information content (AvgIpc) is 2.96. The summed E-state index contributed by atoms with van der Waals surface area (Å²) in [6.45, 7) is 1.34. The van der Waals surface area contributed by atoms with Crippen LogP contribution in [0.3, 0.4) is 0 Å². The van der Waals surface area contributed by atoms with Gasteiger partial charge in [0, 0.05) is 22.8 Å². The Balaban J connectivity index is 1.93. The van der Waals surface area contributed by atoms with E-state index in [1.807, 2.05) is 24.3 Å². The average molecular weight is 311 g/mol. The minimum atomic E-state index is -0.173. The summed E-state index contributed by atoms with van der Waals surface area (Å²) in [7, 11) is 1.54. The Kier molecular flexibility index (Phi) is 3.99. The molecule has 0 aliphatic rings. The molecule has 0 bridgehead atoms. The van der Waals surface area contributed by atoms with Crippen LogP contribution in [0.15, 0.2) is 42.6 Å². The predicted octanol–water partition coefficient (Wildman–Crippen LogP) is 2.94. The van der Waals surface area contributed by atoms with E-state index >= 15 is 0 Å². The Labute approximate surface area is 133 Å². The van der Waals surface area contributed by atoms with Gasteiger partial charge in [-0.3, -0.25) is 4.79 Å². The van der Waals surface area contributed by atoms with Gasteiger partial charge in [-0.1, -0.05) is 0 Å². The van der Waals surface area contributed by atoms with Gasteiger partial charge in [-0.15, -0.1) is 0 Å². The fourth-order valence-corrected chi connectivity index (χ4v) is 2.49. The number of hydrogen-bond donors (Lipinski definition) is 2. The van der Waals surface area contributed by atoms with Gasteiger partial charge in [0.2, 0.25) is 0 Å². The summed E-state index contributed by atoms with van der Waals surface area (Å²) in [6.07, 6.45) is 1.71. The number of methoxy groups -OCH3 is 1. The maximum atomic E-state index is 11.5. The summed E-state index contributed by atoms with van der Waals surface area (Å²) < 4.78 is 6.79. The van der Waals surface area contributed by atoms with E-state index in [0.29, 0.717) is 11.3 Å². The Morgan fingerprint density at radius 1 is 1.26 bits per heavy atom. The zero-order valence-corrected chi connectivity index (χ0v) is 12.9. The first-order chi connectivity index (χ1) is 11.1. The smallest absolute Gasteiger partial charge is 0.163 e. The zero-order valence-electron chi connectivity index (χ0n) is 12.9. The third kappa shape index (κ3) is 2.89. The first-order valence-corrected chi connectivity index (χ1v) is 7.15. The number of nitrogens with zero attached hydrogens (tertiary/aromatic N) is 2. The molecule has 1 aromatic heterocycles. The van der Waals surface area contributed by atoms with E-state index in [1.54, 1.807) is 18.3 Å². The minimum absolute atomic E-state index is 0.0401. The molecule has 0 saturated heterocycles. The molecule has 0 aliphatic heterocycles. The zero-order chi connectivity index (χ0) is 16.4. The summed E-state index contributed by atoms with van der Waals surface area (Å²) in [4.78, 5) is 11.5. The number of carbonyl (C=O) groups excluding carboxylic acids is 1. The SMILES string of the molecule is COc1cc(Nc2ccc3cnn(CO)c3c2)ccc1C(C)=O. The lowest BCUT2D eigenvalue weighted by molar-refractivity contribution is 0.101. The van der Waals surface area contributed by atoms with Crippen LogP contribution in [0.25, 0.3) is 10.9 Å². The number of carbonyl (C=O) groups is 1. The third-order valence-electron chi connectivity index (χ3n) is 3.65. The monoisotopic (exact) mass is 311 g/mol. The second-order valence-corrected chi connectivity index (χ2v) is 5.16. The highest BCUT2D eigenvalue weighted by molar-refractivity contribution is 5.97. The second-order valence-electron chi connectivity index (χ2n) is 5.16. The van der Waals surface area contributed by atoms with Crippen LogP contribution in [0.1, 0.15) is 17.3 Å². The van der Waals surface area contributed by atoms with E-state index in [1.165, 1.54) is 18.7 Å². The van der Waals surface area contributed by atoms with Crippen molar-refractivity contribution in [2.45, 2.75) is 13.7 Å². The molecule has 3 rings (SSSR count). The van der Waals surface area contributed by atoms with Crippen molar-refractivity contribution in [3.05, 3.63) is 48.2 Å². The van der Waals surface area contributed by atoms with Crippen molar-refractivity contribution in [3.8, 4) is 5.75 Å². The van der Waals surface area contributed by atoms with Crippen molar-refractivity contribution in [3.63, 3.8) is 0 Å². The maximum absolute atomic E-state index is 11.5. The summed E-state index contributed by atoms with van der Waals surface area (Å²) >= 11 is 0. The summed E-state index contributed by atoms with van der Waals surface area (Å²) in [5.41, 5.74) is 3.04. The van der Waals surface area contributed by atoms with Gasteiger partial charge in [-0.05, 0) is 37.3 Å². The van der Waals surface area contributed by atoms with Crippen molar-refractivity contribution >= 4 is 28.1 Å². The lowest BCUT2D eigenvalue weighted by Gasteiger charge is -2.11. The van der Waals surface area contributed by atoms with E-state index in [2.05, 4.69) is 10.4 Å². The second kappa shape index (κ2) is 6.10. The molecule has 0 amide bonds. The molecule has 0 spiro atoms. The quantitative estimate of drug-likeness (QED) is 0.709. The molecular weight excluding hydrogens is 294 g/mol. The van der Waals surface area contributed by atoms with Crippen LogP contribution in [0.4, 0.5) is 11.4 Å². The van der Waals surface area contributed by atoms with E-state index in [0.717, 1.165) is 22.3 Å². The Bertz CT molecular complexity index is 871. The number of Topliss-reactive ketones (excluding diaryl/α,β-unsaturated/α-hetero) is 1. The van der Waals surface area contributed by atoms with E-state index in [4.69, 9.17) is 4.74 Å². The van der Waals surface area contributed by atoms with Crippen molar-refractivity contribution in [1.82, 2.24) is 9.78 Å². The molecule has 1 heterocycles. The van der Waals surface area contributed by atoms with Crippen molar-refractivity contribution in [1.29, 1.82) is 0 Å². The molecular formula is C17H17N3O3.